The molecule has 0 saturated heterocycles. The van der Waals surface area contributed by atoms with Gasteiger partial charge in [0.1, 0.15) is 6.07 Å². The number of rotatable bonds is 4. The zero-order valence-electron chi connectivity index (χ0n) is 10.4. The second-order valence-corrected chi connectivity index (χ2v) is 3.92. The van der Waals surface area contributed by atoms with E-state index in [2.05, 4.69) is 0 Å². The number of nitriles is 1. The van der Waals surface area contributed by atoms with Crippen LogP contribution in [0.2, 0.25) is 0 Å². The predicted molar refractivity (Wildman–Crippen MR) is 64.3 cm³/mol. The van der Waals surface area contributed by atoms with Crippen LogP contribution in [-0.4, -0.2) is 13.1 Å². The van der Waals surface area contributed by atoms with Crippen LogP contribution in [0.3, 0.4) is 0 Å². The fraction of sp³-hybridized carbons (Fsp3) is 0.462. The zero-order chi connectivity index (χ0) is 13.8. The first-order chi connectivity index (χ1) is 8.43. The van der Waals surface area contributed by atoms with Crippen molar-refractivity contribution in [1.29, 1.82) is 5.26 Å². The SMILES string of the molecule is CCCN(CC)c1ccc(C(F)(F)F)cc1C#N. The summed E-state index contributed by atoms with van der Waals surface area (Å²) in [6.45, 7) is 5.28. The second kappa shape index (κ2) is 5.76. The summed E-state index contributed by atoms with van der Waals surface area (Å²) < 4.78 is 37.6. The van der Waals surface area contributed by atoms with Gasteiger partial charge in [0.2, 0.25) is 0 Å². The van der Waals surface area contributed by atoms with Crippen LogP contribution in [0.15, 0.2) is 18.2 Å². The van der Waals surface area contributed by atoms with Crippen LogP contribution in [-0.2, 0) is 6.18 Å². The van der Waals surface area contributed by atoms with Crippen molar-refractivity contribution in [2.24, 2.45) is 0 Å². The fourth-order valence-electron chi connectivity index (χ4n) is 1.80. The van der Waals surface area contributed by atoms with Crippen molar-refractivity contribution in [3.8, 4) is 6.07 Å². The lowest BCUT2D eigenvalue weighted by molar-refractivity contribution is -0.137. The molecule has 0 spiro atoms. The summed E-state index contributed by atoms with van der Waals surface area (Å²) in [7, 11) is 0. The number of halogens is 3. The first-order valence-corrected chi connectivity index (χ1v) is 5.80. The molecule has 0 amide bonds. The minimum atomic E-state index is -4.41. The molecule has 98 valence electrons. The van der Waals surface area contributed by atoms with Crippen LogP contribution in [0.1, 0.15) is 31.4 Å². The zero-order valence-corrected chi connectivity index (χ0v) is 10.4. The Labute approximate surface area is 105 Å². The van der Waals surface area contributed by atoms with Gasteiger partial charge < -0.3 is 4.90 Å². The minimum absolute atomic E-state index is 0.0696. The average Bonchev–Trinajstić information content (AvgIpc) is 2.34. The number of hydrogen-bond acceptors (Lipinski definition) is 2. The van der Waals surface area contributed by atoms with E-state index in [1.807, 2.05) is 24.8 Å². The van der Waals surface area contributed by atoms with E-state index in [1.165, 1.54) is 6.07 Å². The highest BCUT2D eigenvalue weighted by molar-refractivity contribution is 5.60. The van der Waals surface area contributed by atoms with Crippen LogP contribution in [0, 0.1) is 11.3 Å². The van der Waals surface area contributed by atoms with Gasteiger partial charge in [0.15, 0.2) is 0 Å². The Morgan fingerprint density at radius 2 is 1.94 bits per heavy atom. The third kappa shape index (κ3) is 3.16. The molecule has 1 aromatic rings. The van der Waals surface area contributed by atoms with E-state index in [-0.39, 0.29) is 5.56 Å². The Hall–Kier alpha value is -1.70. The maximum atomic E-state index is 12.5. The third-order valence-electron chi connectivity index (χ3n) is 2.66. The number of benzene rings is 1. The molecule has 2 nitrogen and oxygen atoms in total. The van der Waals surface area contributed by atoms with Gasteiger partial charge in [-0.3, -0.25) is 0 Å². The van der Waals surface area contributed by atoms with Crippen molar-refractivity contribution >= 4 is 5.69 Å². The normalized spacial score (nSPS) is 11.1. The van der Waals surface area contributed by atoms with Crippen molar-refractivity contribution in [1.82, 2.24) is 0 Å². The molecule has 0 atom stereocenters. The number of alkyl halides is 3. The predicted octanol–water partition coefficient (Wildman–Crippen LogP) is 3.81. The van der Waals surface area contributed by atoms with Crippen molar-refractivity contribution < 1.29 is 13.2 Å². The molecule has 5 heteroatoms. The Morgan fingerprint density at radius 1 is 1.28 bits per heavy atom. The van der Waals surface area contributed by atoms with Crippen LogP contribution in [0.5, 0.6) is 0 Å². The Kier molecular flexibility index (Phi) is 4.60. The van der Waals surface area contributed by atoms with Crippen molar-refractivity contribution in [3.05, 3.63) is 29.3 Å². The Balaban J connectivity index is 3.19. The average molecular weight is 256 g/mol. The highest BCUT2D eigenvalue weighted by Gasteiger charge is 2.31. The summed E-state index contributed by atoms with van der Waals surface area (Å²) in [6, 6.07) is 5.15. The van der Waals surface area contributed by atoms with E-state index in [9.17, 15) is 13.2 Å². The molecular formula is C13H15F3N2. The van der Waals surface area contributed by atoms with E-state index in [1.54, 1.807) is 0 Å². The van der Waals surface area contributed by atoms with E-state index in [0.717, 1.165) is 25.1 Å². The fourth-order valence-corrected chi connectivity index (χ4v) is 1.80. The quantitative estimate of drug-likeness (QED) is 0.819. The van der Waals surface area contributed by atoms with Gasteiger partial charge >= 0.3 is 6.18 Å². The lowest BCUT2D eigenvalue weighted by atomic mass is 10.1. The molecule has 0 aliphatic heterocycles. The maximum Gasteiger partial charge on any atom is 0.416 e. The van der Waals surface area contributed by atoms with Gasteiger partial charge in [-0.25, -0.2) is 0 Å². The molecule has 0 bridgehead atoms. The van der Waals surface area contributed by atoms with Crippen molar-refractivity contribution in [2.45, 2.75) is 26.4 Å². The minimum Gasteiger partial charge on any atom is -0.371 e. The number of hydrogen-bond donors (Lipinski definition) is 0. The standard InChI is InChI=1S/C13H15F3N2/c1-3-7-18(4-2)12-6-5-11(13(14,15)16)8-10(12)9-17/h5-6,8H,3-4,7H2,1-2H3. The van der Waals surface area contributed by atoms with Gasteiger partial charge in [0.25, 0.3) is 0 Å². The summed E-state index contributed by atoms with van der Waals surface area (Å²) in [5.41, 5.74) is -0.148. The molecule has 0 unspecified atom stereocenters. The molecule has 0 fully saturated rings. The first-order valence-electron chi connectivity index (χ1n) is 5.80. The molecule has 0 radical (unpaired) electrons. The molecule has 1 aromatic carbocycles. The summed E-state index contributed by atoms with van der Waals surface area (Å²) in [5.74, 6) is 0. The molecule has 0 N–H and O–H groups in total. The van der Waals surface area contributed by atoms with Gasteiger partial charge in [0.05, 0.1) is 16.8 Å². The lowest BCUT2D eigenvalue weighted by Crippen LogP contribution is -2.24. The largest absolute Gasteiger partial charge is 0.416 e. The molecule has 0 aliphatic carbocycles. The monoisotopic (exact) mass is 256 g/mol. The molecule has 0 heterocycles. The summed E-state index contributed by atoms with van der Waals surface area (Å²) in [4.78, 5) is 1.90. The van der Waals surface area contributed by atoms with Crippen LogP contribution in [0.25, 0.3) is 0 Å². The number of nitrogens with zero attached hydrogens (tertiary/aromatic N) is 2. The number of anilines is 1. The van der Waals surface area contributed by atoms with E-state index in [0.29, 0.717) is 12.2 Å². The van der Waals surface area contributed by atoms with E-state index < -0.39 is 11.7 Å². The second-order valence-electron chi connectivity index (χ2n) is 3.92. The molecule has 1 rings (SSSR count). The first kappa shape index (κ1) is 14.4. The molecular weight excluding hydrogens is 241 g/mol. The smallest absolute Gasteiger partial charge is 0.371 e. The topological polar surface area (TPSA) is 27.0 Å². The maximum absolute atomic E-state index is 12.5. The molecule has 18 heavy (non-hydrogen) atoms. The lowest BCUT2D eigenvalue weighted by Gasteiger charge is -2.24. The molecule has 0 aromatic heterocycles. The van der Waals surface area contributed by atoms with Crippen LogP contribution < -0.4 is 4.90 Å². The van der Waals surface area contributed by atoms with Gasteiger partial charge in [-0.1, -0.05) is 6.92 Å². The Bertz CT molecular complexity index is 447. The summed E-state index contributed by atoms with van der Waals surface area (Å²) in [5, 5.41) is 8.98. The van der Waals surface area contributed by atoms with Gasteiger partial charge in [-0.2, -0.15) is 18.4 Å². The van der Waals surface area contributed by atoms with E-state index >= 15 is 0 Å². The van der Waals surface area contributed by atoms with Crippen LogP contribution >= 0.6 is 0 Å². The van der Waals surface area contributed by atoms with Crippen molar-refractivity contribution in [2.75, 3.05) is 18.0 Å². The van der Waals surface area contributed by atoms with Gasteiger partial charge in [0, 0.05) is 13.1 Å². The van der Waals surface area contributed by atoms with Crippen LogP contribution in [0.4, 0.5) is 18.9 Å². The summed E-state index contributed by atoms with van der Waals surface area (Å²) in [6.07, 6.45) is -3.54. The Morgan fingerprint density at radius 3 is 2.39 bits per heavy atom. The highest BCUT2D eigenvalue weighted by Crippen LogP contribution is 2.32. The summed E-state index contributed by atoms with van der Waals surface area (Å²) >= 11 is 0. The highest BCUT2D eigenvalue weighted by atomic mass is 19.4. The van der Waals surface area contributed by atoms with Gasteiger partial charge in [-0.05, 0) is 31.5 Å². The van der Waals surface area contributed by atoms with Crippen molar-refractivity contribution in [3.63, 3.8) is 0 Å². The van der Waals surface area contributed by atoms with Gasteiger partial charge in [-0.15, -0.1) is 0 Å². The van der Waals surface area contributed by atoms with E-state index in [4.69, 9.17) is 5.26 Å². The third-order valence-corrected chi connectivity index (χ3v) is 2.66. The molecule has 0 aliphatic rings. The molecule has 0 saturated carbocycles.